The van der Waals surface area contributed by atoms with Crippen LogP contribution in [0.4, 0.5) is 10.1 Å². The molecule has 0 radical (unpaired) electrons. The molecule has 0 amide bonds. The smallest absolute Gasteiger partial charge is 0.146 e. The van der Waals surface area contributed by atoms with Crippen LogP contribution in [0.1, 0.15) is 19.2 Å². The predicted octanol–water partition coefficient (Wildman–Crippen LogP) is 2.15. The van der Waals surface area contributed by atoms with Gasteiger partial charge in [0.2, 0.25) is 0 Å². The average molecular weight is 303 g/mol. The molecule has 2 aromatic rings. The average Bonchev–Trinajstić information content (AvgIpc) is 3.16. The van der Waals surface area contributed by atoms with E-state index in [9.17, 15) is 4.39 Å². The van der Waals surface area contributed by atoms with E-state index in [4.69, 9.17) is 0 Å². The summed E-state index contributed by atoms with van der Waals surface area (Å²) >= 11 is 0. The van der Waals surface area contributed by atoms with Crippen molar-refractivity contribution in [2.45, 2.75) is 32.5 Å². The quantitative estimate of drug-likeness (QED) is 0.848. The first-order valence-electron chi connectivity index (χ1n) is 7.75. The van der Waals surface area contributed by atoms with Gasteiger partial charge in [-0.25, -0.2) is 4.39 Å². The van der Waals surface area contributed by atoms with Gasteiger partial charge in [-0.3, -0.25) is 4.90 Å². The van der Waals surface area contributed by atoms with Gasteiger partial charge >= 0.3 is 0 Å². The summed E-state index contributed by atoms with van der Waals surface area (Å²) in [6.07, 6.45) is 2.89. The first-order valence-corrected chi connectivity index (χ1v) is 7.75. The number of aryl methyl sites for hydroxylation is 1. The highest BCUT2D eigenvalue weighted by atomic mass is 19.1. The number of aromatic nitrogens is 3. The Balaban J connectivity index is 1.61. The molecule has 1 aromatic carbocycles. The van der Waals surface area contributed by atoms with E-state index in [1.54, 1.807) is 6.33 Å². The fraction of sp³-hybridized carbons (Fsp3) is 0.500. The minimum Gasteiger partial charge on any atom is -0.370 e. The molecular weight excluding hydrogens is 281 g/mol. The van der Waals surface area contributed by atoms with E-state index >= 15 is 0 Å². The lowest BCUT2D eigenvalue weighted by molar-refractivity contribution is 0.241. The SMILES string of the molecule is CCn1cnnc1CN(C)[C@H]1CCN(c2ccc(F)cc2)C1. The first-order chi connectivity index (χ1) is 10.7. The van der Waals surface area contributed by atoms with E-state index in [1.165, 1.54) is 12.1 Å². The topological polar surface area (TPSA) is 37.2 Å². The zero-order chi connectivity index (χ0) is 15.5. The van der Waals surface area contributed by atoms with Crippen LogP contribution in [0, 0.1) is 5.82 Å². The minimum atomic E-state index is -0.185. The molecule has 1 saturated heterocycles. The second kappa shape index (κ2) is 6.44. The molecule has 0 bridgehead atoms. The molecule has 0 saturated carbocycles. The predicted molar refractivity (Wildman–Crippen MR) is 84.2 cm³/mol. The Hall–Kier alpha value is -1.95. The van der Waals surface area contributed by atoms with E-state index in [2.05, 4.69) is 38.5 Å². The van der Waals surface area contributed by atoms with Crippen LogP contribution < -0.4 is 4.90 Å². The lowest BCUT2D eigenvalue weighted by Gasteiger charge is -2.25. The first kappa shape index (κ1) is 15.0. The Morgan fingerprint density at radius 1 is 1.32 bits per heavy atom. The van der Waals surface area contributed by atoms with Crippen LogP contribution in [0.3, 0.4) is 0 Å². The molecule has 1 aliphatic rings. The molecule has 0 aliphatic carbocycles. The lowest BCUT2D eigenvalue weighted by atomic mass is 10.2. The van der Waals surface area contributed by atoms with Crippen molar-refractivity contribution in [3.05, 3.63) is 42.2 Å². The van der Waals surface area contributed by atoms with Crippen molar-refractivity contribution in [2.75, 3.05) is 25.0 Å². The van der Waals surface area contributed by atoms with Crippen molar-refractivity contribution < 1.29 is 4.39 Å². The van der Waals surface area contributed by atoms with Gasteiger partial charge in [0.15, 0.2) is 0 Å². The van der Waals surface area contributed by atoms with Crippen molar-refractivity contribution in [3.8, 4) is 0 Å². The molecule has 1 aliphatic heterocycles. The molecule has 2 heterocycles. The zero-order valence-electron chi connectivity index (χ0n) is 13.1. The largest absolute Gasteiger partial charge is 0.370 e. The molecule has 1 atom stereocenters. The third kappa shape index (κ3) is 3.11. The number of likely N-dealkylation sites (N-methyl/N-ethyl adjacent to an activating group) is 1. The van der Waals surface area contributed by atoms with E-state index < -0.39 is 0 Å². The van der Waals surface area contributed by atoms with Crippen LogP contribution >= 0.6 is 0 Å². The molecule has 1 aromatic heterocycles. The minimum absolute atomic E-state index is 0.185. The van der Waals surface area contributed by atoms with Gasteiger partial charge in [-0.15, -0.1) is 10.2 Å². The maximum atomic E-state index is 13.0. The third-order valence-electron chi connectivity index (χ3n) is 4.41. The van der Waals surface area contributed by atoms with Crippen molar-refractivity contribution in [1.29, 1.82) is 0 Å². The summed E-state index contributed by atoms with van der Waals surface area (Å²) in [4.78, 5) is 4.64. The number of hydrogen-bond acceptors (Lipinski definition) is 4. The van der Waals surface area contributed by atoms with Gasteiger partial charge in [0, 0.05) is 31.4 Å². The Kier molecular flexibility index (Phi) is 4.38. The van der Waals surface area contributed by atoms with Gasteiger partial charge in [0.05, 0.1) is 6.54 Å². The summed E-state index contributed by atoms with van der Waals surface area (Å²) in [7, 11) is 2.13. The molecule has 0 unspecified atom stereocenters. The fourth-order valence-corrected chi connectivity index (χ4v) is 3.01. The Labute approximate surface area is 130 Å². The zero-order valence-corrected chi connectivity index (χ0v) is 13.1. The van der Waals surface area contributed by atoms with E-state index in [0.717, 1.165) is 44.1 Å². The van der Waals surface area contributed by atoms with Gasteiger partial charge in [-0.2, -0.15) is 0 Å². The maximum absolute atomic E-state index is 13.0. The number of hydrogen-bond donors (Lipinski definition) is 0. The van der Waals surface area contributed by atoms with E-state index in [1.807, 2.05) is 12.1 Å². The van der Waals surface area contributed by atoms with Crippen molar-refractivity contribution in [1.82, 2.24) is 19.7 Å². The molecular formula is C16H22FN5. The highest BCUT2D eigenvalue weighted by molar-refractivity contribution is 5.47. The van der Waals surface area contributed by atoms with Crippen LogP contribution in [0.15, 0.2) is 30.6 Å². The highest BCUT2D eigenvalue weighted by Gasteiger charge is 2.26. The number of benzene rings is 1. The summed E-state index contributed by atoms with van der Waals surface area (Å²) in [5.74, 6) is 0.820. The van der Waals surface area contributed by atoms with Gasteiger partial charge in [0.1, 0.15) is 18.0 Å². The number of anilines is 1. The van der Waals surface area contributed by atoms with Crippen LogP contribution in [-0.2, 0) is 13.1 Å². The molecule has 6 heteroatoms. The van der Waals surface area contributed by atoms with E-state index in [0.29, 0.717) is 6.04 Å². The van der Waals surface area contributed by atoms with Crippen LogP contribution in [0.5, 0.6) is 0 Å². The molecule has 118 valence electrons. The molecule has 0 spiro atoms. The number of rotatable bonds is 5. The molecule has 5 nitrogen and oxygen atoms in total. The Bertz CT molecular complexity index is 609. The third-order valence-corrected chi connectivity index (χ3v) is 4.41. The Morgan fingerprint density at radius 3 is 2.82 bits per heavy atom. The second-order valence-electron chi connectivity index (χ2n) is 5.81. The maximum Gasteiger partial charge on any atom is 0.146 e. The van der Waals surface area contributed by atoms with Crippen LogP contribution in [0.25, 0.3) is 0 Å². The summed E-state index contributed by atoms with van der Waals surface area (Å²) in [6, 6.07) is 7.23. The normalized spacial score (nSPS) is 18.4. The summed E-state index contributed by atoms with van der Waals surface area (Å²) in [6.45, 7) is 5.75. The Morgan fingerprint density at radius 2 is 2.09 bits per heavy atom. The standard InChI is InChI=1S/C16H22FN5/c1-3-21-12-18-19-16(21)11-20(2)15-8-9-22(10-15)14-6-4-13(17)5-7-14/h4-7,12,15H,3,8-11H2,1-2H3/t15-/m0/s1. The summed E-state index contributed by atoms with van der Waals surface area (Å²) in [5, 5.41) is 8.19. The van der Waals surface area contributed by atoms with Crippen LogP contribution in [-0.4, -0.2) is 45.8 Å². The van der Waals surface area contributed by atoms with Crippen molar-refractivity contribution >= 4 is 5.69 Å². The summed E-state index contributed by atoms with van der Waals surface area (Å²) < 4.78 is 15.1. The molecule has 22 heavy (non-hydrogen) atoms. The van der Waals surface area contributed by atoms with Crippen molar-refractivity contribution in [3.63, 3.8) is 0 Å². The second-order valence-corrected chi connectivity index (χ2v) is 5.81. The fourth-order valence-electron chi connectivity index (χ4n) is 3.01. The molecule has 0 N–H and O–H groups in total. The van der Waals surface area contributed by atoms with Gasteiger partial charge in [0.25, 0.3) is 0 Å². The monoisotopic (exact) mass is 303 g/mol. The van der Waals surface area contributed by atoms with Crippen LogP contribution in [0.2, 0.25) is 0 Å². The lowest BCUT2D eigenvalue weighted by Crippen LogP contribution is -2.34. The summed E-state index contributed by atoms with van der Waals surface area (Å²) in [5.41, 5.74) is 1.09. The van der Waals surface area contributed by atoms with Gasteiger partial charge in [-0.1, -0.05) is 0 Å². The number of halogens is 1. The van der Waals surface area contributed by atoms with Gasteiger partial charge < -0.3 is 9.47 Å². The van der Waals surface area contributed by atoms with Gasteiger partial charge in [-0.05, 0) is 44.7 Å². The highest BCUT2D eigenvalue weighted by Crippen LogP contribution is 2.23. The number of nitrogens with zero attached hydrogens (tertiary/aromatic N) is 5. The molecule has 1 fully saturated rings. The molecule has 3 rings (SSSR count). The van der Waals surface area contributed by atoms with E-state index in [-0.39, 0.29) is 5.82 Å². The van der Waals surface area contributed by atoms with Crippen molar-refractivity contribution in [2.24, 2.45) is 0 Å².